The molecule has 0 radical (unpaired) electrons. The van der Waals surface area contributed by atoms with E-state index < -0.39 is 5.97 Å². The molecule has 40 valence electrons. The highest BCUT2D eigenvalue weighted by atomic mass is 79.9. The van der Waals surface area contributed by atoms with Crippen LogP contribution in [-0.2, 0) is 4.79 Å². The number of carboxylic acids is 1. The predicted molar refractivity (Wildman–Crippen MR) is 30.5 cm³/mol. The molecule has 0 aliphatic heterocycles. The van der Waals surface area contributed by atoms with Crippen molar-refractivity contribution < 1.29 is 9.90 Å². The zero-order valence-electron chi connectivity index (χ0n) is 3.19. The molecule has 0 rings (SSSR count). The Morgan fingerprint density at radius 3 is 2.29 bits per heavy atom. The Bertz CT molecular complexity index is 110. The smallest absolute Gasteiger partial charge is 0.347 e. The molecule has 0 aromatic rings. The second-order valence-corrected chi connectivity index (χ2v) is 1.63. The van der Waals surface area contributed by atoms with E-state index in [1.165, 1.54) is 0 Å². The fourth-order valence-electron chi connectivity index (χ4n) is 0.0467. The van der Waals surface area contributed by atoms with E-state index in [1.807, 2.05) is 0 Å². The standard InChI is InChI=1S/C3H2BrClO2/c4-1-2(5)3(6)7/h1H,(H,6,7)/b2-1-. The molecule has 0 saturated carbocycles. The van der Waals surface area contributed by atoms with Gasteiger partial charge in [0, 0.05) is 4.99 Å². The number of hydrogen-bond acceptors (Lipinski definition) is 1. The van der Waals surface area contributed by atoms with E-state index in [-0.39, 0.29) is 5.03 Å². The van der Waals surface area contributed by atoms with Crippen LogP contribution >= 0.6 is 27.5 Å². The fourth-order valence-corrected chi connectivity index (χ4v) is 0.243. The molecule has 0 atom stereocenters. The molecule has 0 aliphatic carbocycles. The van der Waals surface area contributed by atoms with Crippen molar-refractivity contribution in [3.63, 3.8) is 0 Å². The third kappa shape index (κ3) is 2.65. The van der Waals surface area contributed by atoms with Crippen LogP contribution in [0.25, 0.3) is 0 Å². The van der Waals surface area contributed by atoms with Gasteiger partial charge in [0.15, 0.2) is 0 Å². The first-order chi connectivity index (χ1) is 3.18. The summed E-state index contributed by atoms with van der Waals surface area (Å²) in [5, 5.41) is 7.73. The number of carboxylic acid groups (broad SMARTS) is 1. The van der Waals surface area contributed by atoms with E-state index in [1.54, 1.807) is 0 Å². The number of carbonyl (C=O) groups is 1. The molecule has 0 aliphatic rings. The Labute approximate surface area is 53.9 Å². The molecule has 7 heavy (non-hydrogen) atoms. The first-order valence-electron chi connectivity index (χ1n) is 1.37. The maximum Gasteiger partial charge on any atom is 0.347 e. The first kappa shape index (κ1) is 6.98. The molecule has 0 heterocycles. The molecule has 1 N–H and O–H groups in total. The summed E-state index contributed by atoms with van der Waals surface area (Å²) in [5.74, 6) is -1.13. The van der Waals surface area contributed by atoms with Gasteiger partial charge in [-0.3, -0.25) is 0 Å². The van der Waals surface area contributed by atoms with Crippen LogP contribution in [0.15, 0.2) is 10.0 Å². The van der Waals surface area contributed by atoms with Gasteiger partial charge in [-0.25, -0.2) is 4.79 Å². The molecular weight excluding hydrogens is 183 g/mol. The molecule has 0 bridgehead atoms. The van der Waals surface area contributed by atoms with Crippen LogP contribution in [0.3, 0.4) is 0 Å². The Morgan fingerprint density at radius 1 is 1.86 bits per heavy atom. The second kappa shape index (κ2) is 3.04. The van der Waals surface area contributed by atoms with Crippen LogP contribution in [0.4, 0.5) is 0 Å². The van der Waals surface area contributed by atoms with Gasteiger partial charge in [-0.15, -0.1) is 0 Å². The summed E-state index contributed by atoms with van der Waals surface area (Å²) >= 11 is 7.76. The first-order valence-corrected chi connectivity index (χ1v) is 2.67. The molecule has 0 spiro atoms. The van der Waals surface area contributed by atoms with E-state index >= 15 is 0 Å². The van der Waals surface area contributed by atoms with Crippen LogP contribution in [0, 0.1) is 0 Å². The van der Waals surface area contributed by atoms with E-state index in [0.717, 1.165) is 4.99 Å². The molecule has 4 heteroatoms. The highest BCUT2D eigenvalue weighted by Crippen LogP contribution is 2.02. The van der Waals surface area contributed by atoms with Crippen LogP contribution in [-0.4, -0.2) is 11.1 Å². The van der Waals surface area contributed by atoms with Gasteiger partial charge >= 0.3 is 5.97 Å². The van der Waals surface area contributed by atoms with Crippen molar-refractivity contribution in [3.05, 3.63) is 10.0 Å². The van der Waals surface area contributed by atoms with Gasteiger partial charge in [0.1, 0.15) is 5.03 Å². The molecule has 0 saturated heterocycles. The Morgan fingerprint density at radius 2 is 2.29 bits per heavy atom. The largest absolute Gasteiger partial charge is 0.477 e. The molecule has 0 unspecified atom stereocenters. The highest BCUT2D eigenvalue weighted by Gasteiger charge is 1.97. The monoisotopic (exact) mass is 184 g/mol. The Balaban J connectivity index is 3.82. The Kier molecular flexibility index (Phi) is 3.04. The van der Waals surface area contributed by atoms with Crippen LogP contribution in [0.5, 0.6) is 0 Å². The summed E-state index contributed by atoms with van der Waals surface area (Å²) < 4.78 is 0. The minimum atomic E-state index is -1.13. The van der Waals surface area contributed by atoms with Gasteiger partial charge in [0.25, 0.3) is 0 Å². The minimum absolute atomic E-state index is 0.222. The molecule has 0 aromatic carbocycles. The van der Waals surface area contributed by atoms with Crippen LogP contribution < -0.4 is 0 Å². The lowest BCUT2D eigenvalue weighted by atomic mass is 10.7. The molecule has 0 amide bonds. The summed E-state index contributed by atoms with van der Waals surface area (Å²) in [6.45, 7) is 0. The number of halogens is 2. The van der Waals surface area contributed by atoms with E-state index in [0.29, 0.717) is 0 Å². The van der Waals surface area contributed by atoms with Gasteiger partial charge in [-0.2, -0.15) is 0 Å². The van der Waals surface area contributed by atoms with Gasteiger partial charge in [-0.1, -0.05) is 27.5 Å². The topological polar surface area (TPSA) is 37.3 Å². The van der Waals surface area contributed by atoms with Crippen molar-refractivity contribution in [2.24, 2.45) is 0 Å². The molecular formula is C3H2BrClO2. The zero-order valence-corrected chi connectivity index (χ0v) is 5.53. The third-order valence-electron chi connectivity index (χ3n) is 0.300. The van der Waals surface area contributed by atoms with Gasteiger partial charge in [0.05, 0.1) is 0 Å². The van der Waals surface area contributed by atoms with E-state index in [9.17, 15) is 4.79 Å². The van der Waals surface area contributed by atoms with Crippen LogP contribution in [0.1, 0.15) is 0 Å². The average Bonchev–Trinajstić information content (AvgIpc) is 1.65. The van der Waals surface area contributed by atoms with Crippen molar-refractivity contribution in [3.8, 4) is 0 Å². The quantitative estimate of drug-likeness (QED) is 0.629. The van der Waals surface area contributed by atoms with Crippen molar-refractivity contribution in [2.75, 3.05) is 0 Å². The van der Waals surface area contributed by atoms with Gasteiger partial charge in [-0.05, 0) is 0 Å². The minimum Gasteiger partial charge on any atom is -0.477 e. The molecule has 0 aromatic heterocycles. The number of hydrogen-bond donors (Lipinski definition) is 1. The lowest BCUT2D eigenvalue weighted by Crippen LogP contribution is -1.90. The predicted octanol–water partition coefficient (Wildman–Crippen LogP) is 1.55. The summed E-state index contributed by atoms with van der Waals surface area (Å²) in [6.07, 6.45) is 0. The third-order valence-corrected chi connectivity index (χ3v) is 1.29. The number of aliphatic carboxylic acids is 1. The van der Waals surface area contributed by atoms with Crippen molar-refractivity contribution >= 4 is 33.5 Å². The maximum absolute atomic E-state index is 9.70. The normalized spacial score (nSPS) is 11.4. The van der Waals surface area contributed by atoms with Crippen molar-refractivity contribution in [1.82, 2.24) is 0 Å². The van der Waals surface area contributed by atoms with Crippen molar-refractivity contribution in [1.29, 1.82) is 0 Å². The number of rotatable bonds is 1. The summed E-state index contributed by atoms with van der Waals surface area (Å²) in [7, 11) is 0. The zero-order chi connectivity index (χ0) is 5.86. The lowest BCUT2D eigenvalue weighted by Gasteiger charge is -1.80. The van der Waals surface area contributed by atoms with Gasteiger partial charge in [0.2, 0.25) is 0 Å². The molecule has 0 fully saturated rings. The second-order valence-electron chi connectivity index (χ2n) is 0.762. The Hall–Kier alpha value is -0.0200. The molecule has 2 nitrogen and oxygen atoms in total. The van der Waals surface area contributed by atoms with Crippen LogP contribution in [0.2, 0.25) is 0 Å². The fraction of sp³-hybridized carbons (Fsp3) is 0. The highest BCUT2D eigenvalue weighted by molar-refractivity contribution is 9.11. The lowest BCUT2D eigenvalue weighted by molar-refractivity contribution is -0.131. The van der Waals surface area contributed by atoms with E-state index in [2.05, 4.69) is 15.9 Å². The van der Waals surface area contributed by atoms with Gasteiger partial charge < -0.3 is 5.11 Å². The maximum atomic E-state index is 9.70. The summed E-state index contributed by atoms with van der Waals surface area (Å²) in [5.41, 5.74) is 0. The summed E-state index contributed by atoms with van der Waals surface area (Å²) in [6, 6.07) is 0. The SMILES string of the molecule is O=C(O)/C(Cl)=C/Br. The summed E-state index contributed by atoms with van der Waals surface area (Å²) in [4.78, 5) is 10.8. The van der Waals surface area contributed by atoms with Crippen molar-refractivity contribution in [2.45, 2.75) is 0 Å². The average molecular weight is 185 g/mol. The van der Waals surface area contributed by atoms with E-state index in [4.69, 9.17) is 16.7 Å².